The largest absolute Gasteiger partial charge is 0.606 e. The third-order valence-electron chi connectivity index (χ3n) is 2.87. The molecule has 0 saturated heterocycles. The molecule has 1 aromatic heterocycles. The summed E-state index contributed by atoms with van der Waals surface area (Å²) < 4.78 is 103. The summed E-state index contributed by atoms with van der Waals surface area (Å²) in [7, 11) is 0. The molecule has 0 aliphatic carbocycles. The number of benzene rings is 1. The second-order valence-corrected chi connectivity index (χ2v) is 8.59. The van der Waals surface area contributed by atoms with Crippen molar-refractivity contribution in [2.45, 2.75) is 22.2 Å². The monoisotopic (exact) mass is 531 g/mol. The maximum absolute atomic E-state index is 13.9. The molecular weight excluding hydrogens is 529 g/mol. The molecule has 25 heavy (non-hydrogen) atoms. The van der Waals surface area contributed by atoms with E-state index < -0.39 is 33.4 Å². The van der Waals surface area contributed by atoms with Gasteiger partial charge in [0, 0.05) is 26.0 Å². The normalized spacial score (nSPS) is 14.6. The third-order valence-corrected chi connectivity index (χ3v) is 6.23. The summed E-state index contributed by atoms with van der Waals surface area (Å²) in [4.78, 5) is -0.640. The highest BCUT2D eigenvalue weighted by atomic mass is 79.9. The summed E-state index contributed by atoms with van der Waals surface area (Å²) in [6.45, 7) is 0. The molecule has 0 N–H and O–H groups in total. The van der Waals surface area contributed by atoms with Crippen molar-refractivity contribution in [1.82, 2.24) is 0 Å². The fourth-order valence-corrected chi connectivity index (χ4v) is 5.57. The molecule has 2 rings (SSSR count). The Morgan fingerprint density at radius 2 is 1.68 bits per heavy atom. The van der Waals surface area contributed by atoms with Crippen molar-refractivity contribution in [3.8, 4) is 10.4 Å². The van der Waals surface area contributed by atoms with Gasteiger partial charge >= 0.3 is 17.4 Å². The molecule has 1 atom stereocenters. The Morgan fingerprint density at radius 1 is 1.08 bits per heavy atom. The van der Waals surface area contributed by atoms with E-state index in [1.165, 1.54) is 17.5 Å². The molecule has 1 heterocycles. The Labute approximate surface area is 160 Å². The van der Waals surface area contributed by atoms with E-state index in [1.807, 2.05) is 0 Å². The Balaban J connectivity index is 2.66. The highest BCUT2D eigenvalue weighted by Crippen LogP contribution is 2.52. The second kappa shape index (κ2) is 7.02. The number of rotatable bonds is 4. The Morgan fingerprint density at radius 3 is 2.16 bits per heavy atom. The van der Waals surface area contributed by atoms with Crippen molar-refractivity contribution in [3.63, 3.8) is 0 Å². The highest BCUT2D eigenvalue weighted by Gasteiger charge is 2.80. The first-order valence-electron chi connectivity index (χ1n) is 6.00. The van der Waals surface area contributed by atoms with Crippen LogP contribution in [0.4, 0.5) is 30.7 Å². The van der Waals surface area contributed by atoms with E-state index in [4.69, 9.17) is 0 Å². The van der Waals surface area contributed by atoms with Crippen LogP contribution >= 0.6 is 43.2 Å². The molecular formula is C13H4Br2F7OS2. The standard InChI is InChI=1S/C13H4Br2F7OS2/c14-6-4-7(15)10(8-2-1-3-24-8)9(5-6)25(23)13(21,22)11(16,17)12(18,19)20/h1-3,5H. The molecule has 1 radical (unpaired) electrons. The number of alkyl halides is 7. The van der Waals surface area contributed by atoms with Crippen molar-refractivity contribution >= 4 is 54.4 Å². The number of halogens is 9. The predicted molar refractivity (Wildman–Crippen MR) is 86.3 cm³/mol. The molecule has 0 saturated carbocycles. The summed E-state index contributed by atoms with van der Waals surface area (Å²) in [6, 6.07) is 6.28. The lowest BCUT2D eigenvalue weighted by atomic mass is 10.2. The van der Waals surface area contributed by atoms with Gasteiger partial charge in [0.2, 0.25) is 0 Å². The Kier molecular flexibility index (Phi) is 5.90. The molecule has 0 fully saturated rings. The van der Waals surface area contributed by atoms with Crippen LogP contribution in [0.3, 0.4) is 0 Å². The zero-order valence-electron chi connectivity index (χ0n) is 11.4. The highest BCUT2D eigenvalue weighted by molar-refractivity contribution is 9.11. The van der Waals surface area contributed by atoms with Gasteiger partial charge in [0.25, 0.3) is 0 Å². The topological polar surface area (TPSA) is 23.1 Å². The van der Waals surface area contributed by atoms with Gasteiger partial charge in [-0.3, -0.25) is 0 Å². The van der Waals surface area contributed by atoms with Crippen LogP contribution in [0.1, 0.15) is 0 Å². The first-order chi connectivity index (χ1) is 11.3. The van der Waals surface area contributed by atoms with Gasteiger partial charge in [-0.05, 0) is 43.3 Å². The molecule has 0 bridgehead atoms. The van der Waals surface area contributed by atoms with Gasteiger partial charge in [-0.2, -0.15) is 22.0 Å². The molecule has 137 valence electrons. The maximum atomic E-state index is 13.9. The molecule has 1 nitrogen and oxygen atoms in total. The van der Waals surface area contributed by atoms with Crippen molar-refractivity contribution in [2.24, 2.45) is 0 Å². The van der Waals surface area contributed by atoms with Crippen molar-refractivity contribution in [1.29, 1.82) is 0 Å². The minimum absolute atomic E-state index is 0.0150. The van der Waals surface area contributed by atoms with Crippen LogP contribution in [0.15, 0.2) is 37.4 Å². The molecule has 0 aliphatic rings. The summed E-state index contributed by atoms with van der Waals surface area (Å²) in [5.74, 6) is -6.48. The van der Waals surface area contributed by atoms with Crippen LogP contribution < -0.4 is 0 Å². The smallest absolute Gasteiger partial charge is 0.486 e. The minimum atomic E-state index is -6.56. The summed E-state index contributed by atoms with van der Waals surface area (Å²) in [6.07, 6.45) is -6.56. The lowest BCUT2D eigenvalue weighted by molar-refractivity contribution is -0.332. The zero-order valence-corrected chi connectivity index (χ0v) is 16.2. The zero-order chi connectivity index (χ0) is 19.2. The fraction of sp³-hybridized carbons (Fsp3) is 0.231. The van der Waals surface area contributed by atoms with Crippen molar-refractivity contribution in [3.05, 3.63) is 38.6 Å². The van der Waals surface area contributed by atoms with E-state index >= 15 is 0 Å². The average molecular weight is 533 g/mol. The van der Waals surface area contributed by atoms with Gasteiger partial charge < -0.3 is 4.55 Å². The Bertz CT molecular complexity index is 762. The van der Waals surface area contributed by atoms with Crippen LogP contribution in [0.5, 0.6) is 0 Å². The van der Waals surface area contributed by atoms with E-state index in [-0.39, 0.29) is 19.4 Å². The van der Waals surface area contributed by atoms with E-state index in [0.717, 1.165) is 17.4 Å². The lowest BCUT2D eigenvalue weighted by Crippen LogP contribution is -2.56. The van der Waals surface area contributed by atoms with Gasteiger partial charge in [-0.1, -0.05) is 6.07 Å². The van der Waals surface area contributed by atoms with Crippen LogP contribution in [0.25, 0.3) is 10.4 Å². The molecule has 12 heteroatoms. The molecule has 0 aliphatic heterocycles. The van der Waals surface area contributed by atoms with Gasteiger partial charge in [0.15, 0.2) is 4.90 Å². The molecule has 0 spiro atoms. The van der Waals surface area contributed by atoms with Crippen LogP contribution in [0.2, 0.25) is 0 Å². The number of hydrogen-bond acceptors (Lipinski definition) is 2. The first kappa shape index (κ1) is 21.0. The van der Waals surface area contributed by atoms with Crippen molar-refractivity contribution in [2.75, 3.05) is 0 Å². The van der Waals surface area contributed by atoms with E-state index in [1.54, 1.807) is 0 Å². The second-order valence-electron chi connectivity index (χ2n) is 4.51. The summed E-state index contributed by atoms with van der Waals surface area (Å²) >= 11 is 2.83. The predicted octanol–water partition coefficient (Wildman–Crippen LogP) is 6.64. The maximum Gasteiger partial charge on any atom is 0.486 e. The quantitative estimate of drug-likeness (QED) is 0.320. The SMILES string of the molecule is [O-][S+](c1cc(Br)[c]c(Br)c1-c1cccs1)C(F)(F)C(F)(F)C(F)(F)F. The first-order valence-corrected chi connectivity index (χ1v) is 9.61. The number of thiophene rings is 1. The lowest BCUT2D eigenvalue weighted by Gasteiger charge is -2.29. The van der Waals surface area contributed by atoms with Crippen LogP contribution in [-0.2, 0) is 11.2 Å². The molecule has 1 aromatic carbocycles. The Hall–Kier alpha value is -0.300. The summed E-state index contributed by atoms with van der Waals surface area (Å²) in [5, 5.41) is -4.35. The molecule has 0 amide bonds. The van der Waals surface area contributed by atoms with E-state index in [9.17, 15) is 35.3 Å². The summed E-state index contributed by atoms with van der Waals surface area (Å²) in [5.41, 5.74) is -0.200. The van der Waals surface area contributed by atoms with E-state index in [0.29, 0.717) is 0 Å². The van der Waals surface area contributed by atoms with Crippen LogP contribution in [-0.4, -0.2) is 21.9 Å². The molecule has 1 unspecified atom stereocenters. The minimum Gasteiger partial charge on any atom is -0.606 e. The molecule has 2 aromatic rings. The van der Waals surface area contributed by atoms with E-state index in [2.05, 4.69) is 37.9 Å². The van der Waals surface area contributed by atoms with Crippen molar-refractivity contribution < 1.29 is 35.3 Å². The third kappa shape index (κ3) is 3.73. The fourth-order valence-electron chi connectivity index (χ4n) is 1.72. The van der Waals surface area contributed by atoms with Gasteiger partial charge in [-0.25, -0.2) is 0 Å². The average Bonchev–Trinajstić information content (AvgIpc) is 2.97. The van der Waals surface area contributed by atoms with Crippen LogP contribution in [0, 0.1) is 6.07 Å². The number of hydrogen-bond donors (Lipinski definition) is 0. The van der Waals surface area contributed by atoms with Gasteiger partial charge in [0.05, 0.1) is 16.7 Å². The van der Waals surface area contributed by atoms with Gasteiger partial charge in [0.1, 0.15) is 0 Å². The van der Waals surface area contributed by atoms with Gasteiger partial charge in [-0.15, -0.1) is 20.1 Å².